The Morgan fingerprint density at radius 3 is 2.52 bits per heavy atom. The lowest BCUT2D eigenvalue weighted by atomic mass is 10.0. The molecule has 0 spiro atoms. The van der Waals surface area contributed by atoms with Crippen LogP contribution in [0.1, 0.15) is 38.3 Å². The van der Waals surface area contributed by atoms with Crippen LogP contribution in [0.5, 0.6) is 0 Å². The number of nitrogens with zero attached hydrogens (tertiary/aromatic N) is 4. The summed E-state index contributed by atoms with van der Waals surface area (Å²) >= 11 is 0. The first kappa shape index (κ1) is 14.7. The van der Waals surface area contributed by atoms with Gasteiger partial charge in [-0.25, -0.2) is 0 Å². The molecule has 1 aliphatic heterocycles. The number of likely N-dealkylation sites (tertiary alicyclic amines) is 1. The number of piperidine rings is 1. The normalized spacial score (nSPS) is 20.7. The molecule has 2 aliphatic rings. The van der Waals surface area contributed by atoms with E-state index in [1.54, 1.807) is 0 Å². The lowest BCUT2D eigenvalue weighted by molar-refractivity contribution is 0.220. The van der Waals surface area contributed by atoms with Gasteiger partial charge in [0.2, 0.25) is 0 Å². The lowest BCUT2D eigenvalue weighted by Crippen LogP contribution is -2.43. The zero-order valence-corrected chi connectivity index (χ0v) is 13.3. The van der Waals surface area contributed by atoms with Gasteiger partial charge in [-0.2, -0.15) is 5.10 Å². The first-order valence-electron chi connectivity index (χ1n) is 8.27. The highest BCUT2D eigenvalue weighted by molar-refractivity contribution is 5.37. The van der Waals surface area contributed by atoms with E-state index in [1.807, 2.05) is 0 Å². The summed E-state index contributed by atoms with van der Waals surface area (Å²) in [4.78, 5) is 4.82. The first-order valence-corrected chi connectivity index (χ1v) is 8.27. The number of rotatable bonds is 6. The average molecular weight is 289 g/mol. The maximum absolute atomic E-state index is 4.41. The maximum Gasteiger partial charge on any atom is 0.151 e. The van der Waals surface area contributed by atoms with E-state index in [2.05, 4.69) is 51.4 Å². The third-order valence-corrected chi connectivity index (χ3v) is 4.77. The predicted molar refractivity (Wildman–Crippen MR) is 85.4 cm³/mol. The van der Waals surface area contributed by atoms with Crippen LogP contribution in [0.4, 0.5) is 5.82 Å². The fourth-order valence-corrected chi connectivity index (χ4v) is 2.98. The lowest BCUT2D eigenvalue weighted by Gasteiger charge is -2.36. The smallest absolute Gasteiger partial charge is 0.151 e. The highest BCUT2D eigenvalue weighted by Crippen LogP contribution is 2.21. The summed E-state index contributed by atoms with van der Waals surface area (Å²) in [6.07, 6.45) is 5.06. The average Bonchev–Trinajstić information content (AvgIpc) is 3.37. The molecule has 21 heavy (non-hydrogen) atoms. The van der Waals surface area contributed by atoms with E-state index in [0.29, 0.717) is 6.04 Å². The van der Waals surface area contributed by atoms with Gasteiger partial charge >= 0.3 is 0 Å². The summed E-state index contributed by atoms with van der Waals surface area (Å²) in [5.41, 5.74) is 1.04. The minimum atomic E-state index is 0.595. The van der Waals surface area contributed by atoms with Gasteiger partial charge in [0.1, 0.15) is 0 Å². The van der Waals surface area contributed by atoms with Gasteiger partial charge < -0.3 is 15.1 Å². The Morgan fingerprint density at radius 1 is 1.19 bits per heavy atom. The molecule has 0 amide bonds. The molecule has 1 saturated heterocycles. The fraction of sp³-hybridized carbons (Fsp3) is 0.750. The van der Waals surface area contributed by atoms with Crippen LogP contribution < -0.4 is 10.2 Å². The second-order valence-electron chi connectivity index (χ2n) is 6.31. The van der Waals surface area contributed by atoms with Gasteiger partial charge in [-0.15, -0.1) is 5.10 Å². The third kappa shape index (κ3) is 3.92. The maximum atomic E-state index is 4.41. The monoisotopic (exact) mass is 289 g/mol. The molecule has 1 aromatic rings. The van der Waals surface area contributed by atoms with E-state index in [1.165, 1.54) is 45.3 Å². The first-order chi connectivity index (χ1) is 10.3. The molecular formula is C16H27N5. The molecule has 1 saturated carbocycles. The number of hydrogen-bond acceptors (Lipinski definition) is 5. The van der Waals surface area contributed by atoms with Crippen LogP contribution in [0.25, 0.3) is 0 Å². The van der Waals surface area contributed by atoms with Gasteiger partial charge in [0.15, 0.2) is 5.82 Å². The number of nitrogens with one attached hydrogen (secondary N) is 1. The van der Waals surface area contributed by atoms with Crippen molar-refractivity contribution in [3.63, 3.8) is 0 Å². The number of aromatic nitrogens is 2. The molecule has 2 fully saturated rings. The molecule has 116 valence electrons. The van der Waals surface area contributed by atoms with Crippen molar-refractivity contribution < 1.29 is 0 Å². The molecule has 5 nitrogen and oxygen atoms in total. The van der Waals surface area contributed by atoms with Crippen molar-refractivity contribution in [1.82, 2.24) is 20.4 Å². The van der Waals surface area contributed by atoms with Crippen LogP contribution in [-0.4, -0.2) is 53.9 Å². The van der Waals surface area contributed by atoms with Crippen molar-refractivity contribution in [3.8, 4) is 0 Å². The number of hydrogen-bond donors (Lipinski definition) is 1. The second kappa shape index (κ2) is 6.71. The molecule has 2 heterocycles. The molecule has 1 N–H and O–H groups in total. The van der Waals surface area contributed by atoms with Gasteiger partial charge in [-0.3, -0.25) is 0 Å². The van der Waals surface area contributed by atoms with E-state index in [9.17, 15) is 0 Å². The van der Waals surface area contributed by atoms with Crippen LogP contribution in [0, 0.1) is 0 Å². The Hall–Kier alpha value is -1.20. The Balaban J connectivity index is 1.52. The highest BCUT2D eigenvalue weighted by atomic mass is 15.3. The Morgan fingerprint density at radius 2 is 1.95 bits per heavy atom. The van der Waals surface area contributed by atoms with Crippen molar-refractivity contribution in [2.45, 2.75) is 51.2 Å². The summed E-state index contributed by atoms with van der Waals surface area (Å²) in [7, 11) is 2.15. The largest absolute Gasteiger partial charge is 0.355 e. The predicted octanol–water partition coefficient (Wildman–Crippen LogP) is 1.65. The molecule has 0 bridgehead atoms. The zero-order chi connectivity index (χ0) is 14.7. The van der Waals surface area contributed by atoms with Gasteiger partial charge in [0.05, 0.1) is 5.69 Å². The van der Waals surface area contributed by atoms with Crippen molar-refractivity contribution >= 4 is 5.82 Å². The van der Waals surface area contributed by atoms with Crippen LogP contribution in [-0.2, 0) is 6.54 Å². The van der Waals surface area contributed by atoms with Gasteiger partial charge in [0.25, 0.3) is 0 Å². The molecule has 3 rings (SSSR count). The summed E-state index contributed by atoms with van der Waals surface area (Å²) in [6.45, 7) is 6.64. The summed E-state index contributed by atoms with van der Waals surface area (Å²) < 4.78 is 0. The molecule has 0 atom stereocenters. The molecular weight excluding hydrogens is 262 g/mol. The van der Waals surface area contributed by atoms with E-state index in [4.69, 9.17) is 0 Å². The molecule has 0 radical (unpaired) electrons. The van der Waals surface area contributed by atoms with Crippen LogP contribution in [0.2, 0.25) is 0 Å². The topological polar surface area (TPSA) is 44.3 Å². The Kier molecular flexibility index (Phi) is 4.70. The molecule has 0 unspecified atom stereocenters. The number of anilines is 1. The minimum absolute atomic E-state index is 0.595. The van der Waals surface area contributed by atoms with E-state index in [-0.39, 0.29) is 0 Å². The third-order valence-electron chi connectivity index (χ3n) is 4.77. The highest BCUT2D eigenvalue weighted by Gasteiger charge is 2.23. The Bertz CT molecular complexity index is 434. The van der Waals surface area contributed by atoms with Crippen LogP contribution >= 0.6 is 0 Å². The minimum Gasteiger partial charge on any atom is -0.355 e. The zero-order valence-electron chi connectivity index (χ0n) is 13.3. The van der Waals surface area contributed by atoms with Gasteiger partial charge in [-0.1, -0.05) is 6.92 Å². The Labute approximate surface area is 127 Å². The quantitative estimate of drug-likeness (QED) is 0.862. The fourth-order valence-electron chi connectivity index (χ4n) is 2.98. The molecule has 5 heteroatoms. The van der Waals surface area contributed by atoms with Crippen molar-refractivity contribution in [2.24, 2.45) is 0 Å². The summed E-state index contributed by atoms with van der Waals surface area (Å²) in [5, 5.41) is 12.2. The van der Waals surface area contributed by atoms with E-state index in [0.717, 1.165) is 24.1 Å². The van der Waals surface area contributed by atoms with E-state index < -0.39 is 0 Å². The second-order valence-corrected chi connectivity index (χ2v) is 6.31. The molecule has 1 aromatic heterocycles. The SMILES string of the molecule is CCN1CCC(N(C)c2ccc(CNC3CC3)nn2)CC1. The molecule has 0 aromatic carbocycles. The van der Waals surface area contributed by atoms with Crippen LogP contribution in [0.15, 0.2) is 12.1 Å². The van der Waals surface area contributed by atoms with Crippen molar-refractivity contribution in [2.75, 3.05) is 31.6 Å². The van der Waals surface area contributed by atoms with Gasteiger partial charge in [0, 0.05) is 38.8 Å². The standard InChI is InChI=1S/C16H27N5/c1-3-21-10-8-15(9-11-21)20(2)16-7-6-14(18-19-16)12-17-13-4-5-13/h6-7,13,15,17H,3-5,8-12H2,1-2H3. The van der Waals surface area contributed by atoms with E-state index >= 15 is 0 Å². The van der Waals surface area contributed by atoms with Crippen molar-refractivity contribution in [3.05, 3.63) is 17.8 Å². The molecule has 1 aliphatic carbocycles. The van der Waals surface area contributed by atoms with Crippen LogP contribution in [0.3, 0.4) is 0 Å². The summed E-state index contributed by atoms with van der Waals surface area (Å²) in [6, 6.07) is 5.54. The van der Waals surface area contributed by atoms with Gasteiger partial charge in [-0.05, 0) is 44.4 Å². The summed E-state index contributed by atoms with van der Waals surface area (Å²) in [5.74, 6) is 1.00. The van der Waals surface area contributed by atoms with Crippen molar-refractivity contribution in [1.29, 1.82) is 0 Å².